The fraction of sp³-hybridized carbons (Fsp3) is 0.190. The summed E-state index contributed by atoms with van der Waals surface area (Å²) in [5.41, 5.74) is 2.00. The summed E-state index contributed by atoms with van der Waals surface area (Å²) in [6, 6.07) is 16.0. The number of hydrogen-bond acceptors (Lipinski definition) is 4. The predicted octanol–water partition coefficient (Wildman–Crippen LogP) is 5.06. The van der Waals surface area contributed by atoms with E-state index in [1.165, 1.54) is 23.5 Å². The molecule has 4 aromatic rings. The fourth-order valence-electron chi connectivity index (χ4n) is 2.87. The van der Waals surface area contributed by atoms with Gasteiger partial charge in [0.25, 0.3) is 5.91 Å². The molecule has 0 fully saturated rings. The number of amides is 1. The van der Waals surface area contributed by atoms with E-state index in [0.717, 1.165) is 5.56 Å². The highest BCUT2D eigenvalue weighted by Crippen LogP contribution is 2.31. The Morgan fingerprint density at radius 3 is 2.68 bits per heavy atom. The molecule has 28 heavy (non-hydrogen) atoms. The molecule has 0 spiro atoms. The third-order valence-corrected chi connectivity index (χ3v) is 5.40. The molecule has 1 amide bonds. The zero-order chi connectivity index (χ0) is 19.7. The van der Waals surface area contributed by atoms with Crippen molar-refractivity contribution in [1.29, 1.82) is 0 Å². The van der Waals surface area contributed by atoms with Crippen molar-refractivity contribution in [1.82, 2.24) is 14.8 Å². The molecule has 0 saturated heterocycles. The summed E-state index contributed by atoms with van der Waals surface area (Å²) in [5, 5.41) is 4.93. The maximum atomic E-state index is 13.6. The van der Waals surface area contributed by atoms with Crippen LogP contribution in [0.4, 0.5) is 9.52 Å². The van der Waals surface area contributed by atoms with Crippen LogP contribution in [0.15, 0.2) is 60.8 Å². The van der Waals surface area contributed by atoms with Gasteiger partial charge < -0.3 is 0 Å². The van der Waals surface area contributed by atoms with Crippen LogP contribution in [0, 0.1) is 5.82 Å². The van der Waals surface area contributed by atoms with E-state index in [1.54, 1.807) is 27.9 Å². The summed E-state index contributed by atoms with van der Waals surface area (Å²) in [6.07, 6.45) is 1.80. The topological polar surface area (TPSA) is 51.0 Å². The Labute approximate surface area is 166 Å². The highest BCUT2D eigenvalue weighted by Gasteiger charge is 2.24. The third-order valence-electron chi connectivity index (χ3n) is 4.36. The number of carbonyl (C=O) groups excluding carboxylic acids is 1. The van der Waals surface area contributed by atoms with Gasteiger partial charge in [0.1, 0.15) is 5.82 Å². The standard InChI is InChI=1S/C21H19FN4OS/c1-14(2)26-11-10-18(24-26)20(27)25(13-15-6-4-3-5-7-15)21-23-17-9-8-16(22)12-19(17)28-21/h3-12,14H,13H2,1-2H3. The molecule has 0 N–H and O–H groups in total. The molecule has 4 rings (SSSR count). The SMILES string of the molecule is CC(C)n1ccc(C(=O)N(Cc2ccccc2)c2nc3ccc(F)cc3s2)n1. The zero-order valence-corrected chi connectivity index (χ0v) is 16.4. The molecular formula is C21H19FN4OS. The smallest absolute Gasteiger partial charge is 0.278 e. The molecule has 2 aromatic carbocycles. The Morgan fingerprint density at radius 1 is 1.18 bits per heavy atom. The number of aromatic nitrogens is 3. The molecule has 2 aromatic heterocycles. The number of hydrogen-bond donors (Lipinski definition) is 0. The zero-order valence-electron chi connectivity index (χ0n) is 15.5. The van der Waals surface area contributed by atoms with E-state index < -0.39 is 0 Å². The maximum Gasteiger partial charge on any atom is 0.280 e. The molecule has 0 saturated carbocycles. The van der Waals surface area contributed by atoms with Crippen molar-refractivity contribution >= 4 is 32.6 Å². The van der Waals surface area contributed by atoms with Crippen molar-refractivity contribution in [2.45, 2.75) is 26.4 Å². The second kappa shape index (κ2) is 7.52. The molecule has 7 heteroatoms. The average molecular weight is 394 g/mol. The van der Waals surface area contributed by atoms with E-state index in [-0.39, 0.29) is 17.8 Å². The van der Waals surface area contributed by atoms with Crippen molar-refractivity contribution in [2.24, 2.45) is 0 Å². The highest BCUT2D eigenvalue weighted by molar-refractivity contribution is 7.22. The number of nitrogens with zero attached hydrogens (tertiary/aromatic N) is 4. The second-order valence-electron chi connectivity index (χ2n) is 6.76. The van der Waals surface area contributed by atoms with Gasteiger partial charge in [0.2, 0.25) is 0 Å². The molecule has 0 aliphatic heterocycles. The van der Waals surface area contributed by atoms with Crippen LogP contribution in [0.3, 0.4) is 0 Å². The highest BCUT2D eigenvalue weighted by atomic mass is 32.1. The first kappa shape index (κ1) is 18.3. The lowest BCUT2D eigenvalue weighted by molar-refractivity contribution is 0.0979. The van der Waals surface area contributed by atoms with Crippen molar-refractivity contribution in [3.63, 3.8) is 0 Å². The van der Waals surface area contributed by atoms with E-state index in [9.17, 15) is 9.18 Å². The lowest BCUT2D eigenvalue weighted by atomic mass is 10.2. The van der Waals surface area contributed by atoms with Crippen LogP contribution in [0.2, 0.25) is 0 Å². The number of halogens is 1. The number of carbonyl (C=O) groups is 1. The first-order valence-electron chi connectivity index (χ1n) is 8.98. The molecule has 2 heterocycles. The number of benzene rings is 2. The normalized spacial score (nSPS) is 11.3. The number of fused-ring (bicyclic) bond motifs is 1. The molecule has 0 radical (unpaired) electrons. The fourth-order valence-corrected chi connectivity index (χ4v) is 3.86. The molecule has 0 atom stereocenters. The van der Waals surface area contributed by atoms with Gasteiger partial charge in [0.15, 0.2) is 10.8 Å². The minimum absolute atomic E-state index is 0.162. The van der Waals surface area contributed by atoms with Gasteiger partial charge in [-0.1, -0.05) is 41.7 Å². The van der Waals surface area contributed by atoms with Crippen LogP contribution in [0.25, 0.3) is 10.2 Å². The van der Waals surface area contributed by atoms with Gasteiger partial charge in [-0.3, -0.25) is 14.4 Å². The molecule has 0 aliphatic carbocycles. The van der Waals surface area contributed by atoms with Gasteiger partial charge in [-0.15, -0.1) is 0 Å². The first-order valence-corrected chi connectivity index (χ1v) is 9.80. The lowest BCUT2D eigenvalue weighted by Crippen LogP contribution is -2.30. The van der Waals surface area contributed by atoms with Crippen molar-refractivity contribution in [3.8, 4) is 0 Å². The van der Waals surface area contributed by atoms with Crippen LogP contribution < -0.4 is 4.90 Å². The van der Waals surface area contributed by atoms with E-state index in [2.05, 4.69) is 10.1 Å². The Morgan fingerprint density at radius 2 is 1.96 bits per heavy atom. The van der Waals surface area contributed by atoms with E-state index in [0.29, 0.717) is 27.6 Å². The predicted molar refractivity (Wildman–Crippen MR) is 109 cm³/mol. The number of anilines is 1. The lowest BCUT2D eigenvalue weighted by Gasteiger charge is -2.19. The maximum absolute atomic E-state index is 13.6. The molecule has 0 bridgehead atoms. The Hall–Kier alpha value is -3.06. The summed E-state index contributed by atoms with van der Waals surface area (Å²) >= 11 is 1.29. The van der Waals surface area contributed by atoms with E-state index in [4.69, 9.17) is 0 Å². The van der Waals surface area contributed by atoms with Gasteiger partial charge in [0, 0.05) is 12.2 Å². The molecule has 5 nitrogen and oxygen atoms in total. The van der Waals surface area contributed by atoms with Crippen molar-refractivity contribution in [2.75, 3.05) is 4.90 Å². The summed E-state index contributed by atoms with van der Waals surface area (Å²) in [7, 11) is 0. The average Bonchev–Trinajstić information content (AvgIpc) is 3.33. The van der Waals surface area contributed by atoms with Crippen molar-refractivity contribution < 1.29 is 9.18 Å². The van der Waals surface area contributed by atoms with Gasteiger partial charge >= 0.3 is 0 Å². The summed E-state index contributed by atoms with van der Waals surface area (Å²) in [6.45, 7) is 4.37. The largest absolute Gasteiger partial charge is 0.280 e. The first-order chi connectivity index (χ1) is 13.5. The third kappa shape index (κ3) is 3.66. The van der Waals surface area contributed by atoms with Gasteiger partial charge in [-0.2, -0.15) is 5.10 Å². The van der Waals surface area contributed by atoms with Gasteiger partial charge in [0.05, 0.1) is 16.8 Å². The van der Waals surface area contributed by atoms with Gasteiger partial charge in [-0.25, -0.2) is 9.37 Å². The van der Waals surface area contributed by atoms with Crippen LogP contribution in [-0.2, 0) is 6.54 Å². The summed E-state index contributed by atoms with van der Waals surface area (Å²) < 4.78 is 16.0. The molecule has 142 valence electrons. The Balaban J connectivity index is 1.74. The van der Waals surface area contributed by atoms with Crippen LogP contribution in [0.5, 0.6) is 0 Å². The summed E-state index contributed by atoms with van der Waals surface area (Å²) in [5.74, 6) is -0.554. The Bertz CT molecular complexity index is 1120. The van der Waals surface area contributed by atoms with Crippen LogP contribution >= 0.6 is 11.3 Å². The van der Waals surface area contributed by atoms with Crippen LogP contribution in [0.1, 0.15) is 35.9 Å². The van der Waals surface area contributed by atoms with Crippen LogP contribution in [-0.4, -0.2) is 20.7 Å². The minimum Gasteiger partial charge on any atom is -0.278 e. The van der Waals surface area contributed by atoms with Gasteiger partial charge in [-0.05, 0) is 43.7 Å². The number of rotatable bonds is 5. The van der Waals surface area contributed by atoms with E-state index >= 15 is 0 Å². The quantitative estimate of drug-likeness (QED) is 0.475. The van der Waals surface area contributed by atoms with Crippen molar-refractivity contribution in [3.05, 3.63) is 77.9 Å². The molecular weight excluding hydrogens is 375 g/mol. The molecule has 0 unspecified atom stereocenters. The Kier molecular flexibility index (Phi) is 4.92. The minimum atomic E-state index is -0.320. The molecule has 0 aliphatic rings. The summed E-state index contributed by atoms with van der Waals surface area (Å²) in [4.78, 5) is 19.4. The van der Waals surface area contributed by atoms with E-state index in [1.807, 2.05) is 44.2 Å². The number of thiazole rings is 1. The second-order valence-corrected chi connectivity index (χ2v) is 7.77. The monoisotopic (exact) mass is 394 g/mol.